The Kier molecular flexibility index (Phi) is 3.14. The van der Waals surface area contributed by atoms with Crippen LogP contribution in [-0.2, 0) is 4.79 Å². The number of hydrogen-bond donors (Lipinski definition) is 0. The second-order valence-electron chi connectivity index (χ2n) is 2.84. The zero-order valence-electron chi connectivity index (χ0n) is 5.90. The molecule has 1 aliphatic carbocycles. The van der Waals surface area contributed by atoms with Gasteiger partial charge in [0.15, 0.2) is 0 Å². The molecule has 1 fully saturated rings. The van der Waals surface area contributed by atoms with Gasteiger partial charge in [0.2, 0.25) is 5.24 Å². The molecule has 0 heterocycles. The lowest BCUT2D eigenvalue weighted by Crippen LogP contribution is -2.30. The van der Waals surface area contributed by atoms with E-state index in [1.165, 1.54) is 0 Å². The topological polar surface area (TPSA) is 17.1 Å². The molecule has 4 heteroatoms. The molecule has 0 amide bonds. The second kappa shape index (κ2) is 3.72. The van der Waals surface area contributed by atoms with Gasteiger partial charge in [-0.05, 0) is 30.9 Å². The van der Waals surface area contributed by atoms with Crippen molar-refractivity contribution in [3.8, 4) is 0 Å². The molecule has 0 N–H and O–H groups in total. The van der Waals surface area contributed by atoms with Crippen LogP contribution in [0.4, 0.5) is 4.39 Å². The lowest BCUT2D eigenvalue weighted by Gasteiger charge is -2.25. The molecule has 11 heavy (non-hydrogen) atoms. The van der Waals surface area contributed by atoms with Gasteiger partial charge in [-0.3, -0.25) is 4.79 Å². The van der Waals surface area contributed by atoms with Gasteiger partial charge in [-0.15, -0.1) is 11.6 Å². The average Bonchev–Trinajstić information content (AvgIpc) is 1.85. The van der Waals surface area contributed by atoms with Gasteiger partial charge >= 0.3 is 0 Å². The van der Waals surface area contributed by atoms with E-state index in [1.807, 2.05) is 0 Å². The van der Waals surface area contributed by atoms with E-state index in [2.05, 4.69) is 0 Å². The summed E-state index contributed by atoms with van der Waals surface area (Å²) in [5.74, 6) is -0.619. The van der Waals surface area contributed by atoms with Crippen molar-refractivity contribution in [3.63, 3.8) is 0 Å². The van der Waals surface area contributed by atoms with Gasteiger partial charge in [0.05, 0.1) is 5.92 Å². The zero-order valence-corrected chi connectivity index (χ0v) is 7.41. The minimum Gasteiger partial charge on any atom is -0.281 e. The molecule has 0 radical (unpaired) electrons. The highest BCUT2D eigenvalue weighted by Gasteiger charge is 2.33. The first-order chi connectivity index (χ1) is 5.11. The third-order valence-electron chi connectivity index (χ3n) is 2.00. The van der Waals surface area contributed by atoms with Crippen molar-refractivity contribution in [3.05, 3.63) is 0 Å². The summed E-state index contributed by atoms with van der Waals surface area (Å²) in [6.45, 7) is 0. The summed E-state index contributed by atoms with van der Waals surface area (Å²) in [7, 11) is 0. The van der Waals surface area contributed by atoms with Gasteiger partial charge in [-0.2, -0.15) is 0 Å². The number of hydrogen-bond acceptors (Lipinski definition) is 1. The fourth-order valence-corrected chi connectivity index (χ4v) is 1.87. The highest BCUT2D eigenvalue weighted by atomic mass is 35.5. The van der Waals surface area contributed by atoms with Gasteiger partial charge in [0, 0.05) is 5.38 Å². The Balaban J connectivity index is 2.50. The smallest absolute Gasteiger partial charge is 0.227 e. The number of rotatable bonds is 1. The first-order valence-corrected chi connectivity index (χ1v) is 4.40. The van der Waals surface area contributed by atoms with E-state index in [4.69, 9.17) is 23.2 Å². The van der Waals surface area contributed by atoms with Crippen LogP contribution < -0.4 is 0 Å². The maximum atomic E-state index is 13.0. The van der Waals surface area contributed by atoms with Gasteiger partial charge in [0.1, 0.15) is 6.17 Å². The van der Waals surface area contributed by atoms with Crippen molar-refractivity contribution in [1.82, 2.24) is 0 Å². The molecule has 3 atom stereocenters. The fraction of sp³-hybridized carbons (Fsp3) is 0.857. The van der Waals surface area contributed by atoms with Gasteiger partial charge in [-0.1, -0.05) is 0 Å². The number of halogens is 3. The summed E-state index contributed by atoms with van der Waals surface area (Å²) in [5.41, 5.74) is 0. The summed E-state index contributed by atoms with van der Waals surface area (Å²) >= 11 is 10.9. The van der Waals surface area contributed by atoms with E-state index in [-0.39, 0.29) is 11.8 Å². The largest absolute Gasteiger partial charge is 0.281 e. The lowest BCUT2D eigenvalue weighted by molar-refractivity contribution is -0.117. The molecule has 3 unspecified atom stereocenters. The Bertz CT molecular complexity index is 163. The molecule has 64 valence electrons. The minimum absolute atomic E-state index is 0.128. The summed E-state index contributed by atoms with van der Waals surface area (Å²) in [4.78, 5) is 10.6. The highest BCUT2D eigenvalue weighted by molar-refractivity contribution is 6.64. The molecule has 0 aliphatic heterocycles. The number of carbonyl (C=O) groups excluding carboxylic acids is 1. The Labute approximate surface area is 74.9 Å². The van der Waals surface area contributed by atoms with Crippen LogP contribution in [0.1, 0.15) is 19.3 Å². The average molecular weight is 199 g/mol. The molecule has 0 bridgehead atoms. The van der Waals surface area contributed by atoms with Crippen molar-refractivity contribution in [2.75, 3.05) is 0 Å². The molecule has 1 saturated carbocycles. The maximum absolute atomic E-state index is 13.0. The molecule has 0 aromatic rings. The molecule has 0 aromatic carbocycles. The Morgan fingerprint density at radius 3 is 2.55 bits per heavy atom. The third-order valence-corrected chi connectivity index (χ3v) is 2.68. The third kappa shape index (κ3) is 2.31. The van der Waals surface area contributed by atoms with Crippen LogP contribution in [0.15, 0.2) is 0 Å². The predicted molar refractivity (Wildman–Crippen MR) is 42.7 cm³/mol. The number of alkyl halides is 2. The second-order valence-corrected chi connectivity index (χ2v) is 3.83. The molecule has 0 spiro atoms. The normalized spacial score (nSPS) is 38.6. The van der Waals surface area contributed by atoms with Crippen LogP contribution in [-0.4, -0.2) is 16.8 Å². The van der Waals surface area contributed by atoms with E-state index in [9.17, 15) is 9.18 Å². The lowest BCUT2D eigenvalue weighted by atomic mass is 9.88. The van der Waals surface area contributed by atoms with Crippen LogP contribution in [0.3, 0.4) is 0 Å². The van der Waals surface area contributed by atoms with Gasteiger partial charge in [0.25, 0.3) is 0 Å². The first-order valence-electron chi connectivity index (χ1n) is 3.58. The Morgan fingerprint density at radius 2 is 2.09 bits per heavy atom. The SMILES string of the molecule is O=C(Cl)C1CCC(Cl)CC1F. The summed E-state index contributed by atoms with van der Waals surface area (Å²) in [6.07, 6.45) is 0.282. The van der Waals surface area contributed by atoms with Crippen LogP contribution in [0, 0.1) is 5.92 Å². The van der Waals surface area contributed by atoms with Crippen LogP contribution in [0.2, 0.25) is 0 Å². The molecular formula is C7H9Cl2FO. The zero-order chi connectivity index (χ0) is 8.43. The molecule has 1 rings (SSSR count). The molecule has 1 nitrogen and oxygen atoms in total. The van der Waals surface area contributed by atoms with Crippen LogP contribution >= 0.6 is 23.2 Å². The fourth-order valence-electron chi connectivity index (χ4n) is 1.32. The minimum atomic E-state index is -1.14. The molecule has 0 saturated heterocycles. The quantitative estimate of drug-likeness (QED) is 0.468. The van der Waals surface area contributed by atoms with E-state index in [1.54, 1.807) is 0 Å². The van der Waals surface area contributed by atoms with Crippen LogP contribution in [0.5, 0.6) is 0 Å². The summed E-state index contributed by atoms with van der Waals surface area (Å²) < 4.78 is 13.0. The Morgan fingerprint density at radius 1 is 1.45 bits per heavy atom. The van der Waals surface area contributed by atoms with E-state index in [0.717, 1.165) is 0 Å². The van der Waals surface area contributed by atoms with E-state index in [0.29, 0.717) is 12.8 Å². The van der Waals surface area contributed by atoms with Crippen LogP contribution in [0.25, 0.3) is 0 Å². The summed E-state index contributed by atoms with van der Waals surface area (Å²) in [6, 6.07) is 0. The highest BCUT2D eigenvalue weighted by Crippen LogP contribution is 2.31. The standard InChI is InChI=1S/C7H9Cl2FO/c8-4-1-2-5(7(9)11)6(10)3-4/h4-6H,1-3H2. The maximum Gasteiger partial charge on any atom is 0.227 e. The molecular weight excluding hydrogens is 190 g/mol. The summed E-state index contributed by atoms with van der Waals surface area (Å²) in [5, 5.41) is -0.696. The van der Waals surface area contributed by atoms with E-state index >= 15 is 0 Å². The Hall–Kier alpha value is 0.180. The molecule has 1 aliphatic rings. The molecule has 0 aromatic heterocycles. The van der Waals surface area contributed by atoms with Gasteiger partial charge < -0.3 is 0 Å². The monoisotopic (exact) mass is 198 g/mol. The van der Waals surface area contributed by atoms with Crippen molar-refractivity contribution < 1.29 is 9.18 Å². The van der Waals surface area contributed by atoms with Crippen molar-refractivity contribution in [2.45, 2.75) is 30.8 Å². The predicted octanol–water partition coefficient (Wildman–Crippen LogP) is 2.50. The van der Waals surface area contributed by atoms with Gasteiger partial charge in [-0.25, -0.2) is 4.39 Å². The number of carbonyl (C=O) groups is 1. The van der Waals surface area contributed by atoms with Crippen molar-refractivity contribution in [2.24, 2.45) is 5.92 Å². The van der Waals surface area contributed by atoms with Crippen molar-refractivity contribution in [1.29, 1.82) is 0 Å². The van der Waals surface area contributed by atoms with E-state index < -0.39 is 17.3 Å². The van der Waals surface area contributed by atoms with Crippen molar-refractivity contribution >= 4 is 28.4 Å². The first kappa shape index (κ1) is 9.27.